The Balaban J connectivity index is 1.46. The van der Waals surface area contributed by atoms with E-state index < -0.39 is 0 Å². The van der Waals surface area contributed by atoms with Gasteiger partial charge in [0.2, 0.25) is 0 Å². The molecule has 30 heavy (non-hydrogen) atoms. The Morgan fingerprint density at radius 2 is 1.23 bits per heavy atom. The predicted octanol–water partition coefficient (Wildman–Crippen LogP) is 4.28. The lowest BCUT2D eigenvalue weighted by atomic mass is 10.2. The number of para-hydroxylation sites is 1. The summed E-state index contributed by atoms with van der Waals surface area (Å²) in [6, 6.07) is 23.6. The molecule has 0 saturated carbocycles. The Kier molecular flexibility index (Phi) is 7.44. The summed E-state index contributed by atoms with van der Waals surface area (Å²) in [4.78, 5) is 24.2. The van der Waals surface area contributed by atoms with Crippen LogP contribution in [0.1, 0.15) is 12.5 Å². The maximum absolute atomic E-state index is 12.2. The molecule has 3 aromatic rings. The molecule has 0 saturated heterocycles. The van der Waals surface area contributed by atoms with E-state index in [4.69, 9.17) is 9.47 Å². The first-order valence-electron chi connectivity index (χ1n) is 9.72. The minimum absolute atomic E-state index is 0.104. The summed E-state index contributed by atoms with van der Waals surface area (Å²) >= 11 is 0. The summed E-state index contributed by atoms with van der Waals surface area (Å²) in [6.07, 6.45) is 0.950. The summed E-state index contributed by atoms with van der Waals surface area (Å²) in [5.74, 6) is 0.687. The zero-order valence-corrected chi connectivity index (χ0v) is 16.8. The molecule has 6 heteroatoms. The van der Waals surface area contributed by atoms with E-state index in [1.54, 1.807) is 36.4 Å². The van der Waals surface area contributed by atoms with Crippen molar-refractivity contribution >= 4 is 23.2 Å². The number of ether oxygens (including phenoxy) is 2. The molecule has 0 spiro atoms. The average Bonchev–Trinajstić information content (AvgIpc) is 2.77. The highest BCUT2D eigenvalue weighted by Crippen LogP contribution is 2.16. The van der Waals surface area contributed by atoms with Gasteiger partial charge in [-0.2, -0.15) is 0 Å². The Bertz CT molecular complexity index is 972. The SMILES string of the molecule is CCc1ccc(OCC(=O)Nc2cccc(NC(=O)COc3ccccc3)c2)cc1. The summed E-state index contributed by atoms with van der Waals surface area (Å²) in [6.45, 7) is 1.87. The van der Waals surface area contributed by atoms with E-state index in [-0.39, 0.29) is 25.0 Å². The summed E-state index contributed by atoms with van der Waals surface area (Å²) < 4.78 is 10.9. The number of hydrogen-bond acceptors (Lipinski definition) is 4. The standard InChI is InChI=1S/C24H24N2O4/c1-2-18-11-13-22(14-12-18)30-17-24(28)26-20-8-6-7-19(15-20)25-23(27)16-29-21-9-4-3-5-10-21/h3-15H,2,16-17H2,1H3,(H,25,27)(H,26,28). The minimum atomic E-state index is -0.291. The van der Waals surface area contributed by atoms with Crippen LogP contribution in [0.2, 0.25) is 0 Å². The lowest BCUT2D eigenvalue weighted by Gasteiger charge is -2.10. The number of hydrogen-bond donors (Lipinski definition) is 2. The van der Waals surface area contributed by atoms with Crippen molar-refractivity contribution in [1.82, 2.24) is 0 Å². The first-order chi connectivity index (χ1) is 14.6. The van der Waals surface area contributed by atoms with Crippen molar-refractivity contribution in [3.8, 4) is 11.5 Å². The number of rotatable bonds is 9. The monoisotopic (exact) mass is 404 g/mol. The van der Waals surface area contributed by atoms with Gasteiger partial charge in [0.1, 0.15) is 11.5 Å². The number of aryl methyl sites for hydroxylation is 1. The highest BCUT2D eigenvalue weighted by Gasteiger charge is 2.07. The fourth-order valence-electron chi connectivity index (χ4n) is 2.70. The van der Waals surface area contributed by atoms with Crippen molar-refractivity contribution in [2.45, 2.75) is 13.3 Å². The molecule has 2 N–H and O–H groups in total. The third kappa shape index (κ3) is 6.67. The zero-order valence-electron chi connectivity index (χ0n) is 16.8. The highest BCUT2D eigenvalue weighted by molar-refractivity contribution is 5.95. The number of carbonyl (C=O) groups excluding carboxylic acids is 2. The Hall–Kier alpha value is -3.80. The molecular weight excluding hydrogens is 380 g/mol. The second-order valence-electron chi connectivity index (χ2n) is 6.57. The van der Waals surface area contributed by atoms with E-state index in [2.05, 4.69) is 17.6 Å². The second kappa shape index (κ2) is 10.7. The van der Waals surface area contributed by atoms with Gasteiger partial charge in [-0.3, -0.25) is 9.59 Å². The maximum Gasteiger partial charge on any atom is 0.262 e. The van der Waals surface area contributed by atoms with Gasteiger partial charge in [-0.25, -0.2) is 0 Å². The van der Waals surface area contributed by atoms with Crippen molar-refractivity contribution in [2.75, 3.05) is 23.8 Å². The van der Waals surface area contributed by atoms with E-state index in [0.717, 1.165) is 6.42 Å². The van der Waals surface area contributed by atoms with Crippen LogP contribution in [0.4, 0.5) is 11.4 Å². The van der Waals surface area contributed by atoms with Gasteiger partial charge < -0.3 is 20.1 Å². The number of amides is 2. The minimum Gasteiger partial charge on any atom is -0.484 e. The van der Waals surface area contributed by atoms with E-state index >= 15 is 0 Å². The van der Waals surface area contributed by atoms with Gasteiger partial charge in [0.15, 0.2) is 13.2 Å². The molecule has 0 aliphatic rings. The first kappa shape index (κ1) is 20.9. The van der Waals surface area contributed by atoms with E-state index in [1.807, 2.05) is 42.5 Å². The molecule has 0 radical (unpaired) electrons. The smallest absolute Gasteiger partial charge is 0.262 e. The molecular formula is C24H24N2O4. The van der Waals surface area contributed by atoms with Crippen LogP contribution in [0.25, 0.3) is 0 Å². The van der Waals surface area contributed by atoms with Crippen LogP contribution in [-0.4, -0.2) is 25.0 Å². The fourth-order valence-corrected chi connectivity index (χ4v) is 2.70. The van der Waals surface area contributed by atoms with Gasteiger partial charge in [0, 0.05) is 11.4 Å². The largest absolute Gasteiger partial charge is 0.484 e. The van der Waals surface area contributed by atoms with Crippen molar-refractivity contribution in [2.24, 2.45) is 0 Å². The summed E-state index contributed by atoms with van der Waals surface area (Å²) in [7, 11) is 0. The van der Waals surface area contributed by atoms with Gasteiger partial charge in [-0.1, -0.05) is 43.3 Å². The molecule has 0 heterocycles. The van der Waals surface area contributed by atoms with Crippen LogP contribution >= 0.6 is 0 Å². The summed E-state index contributed by atoms with van der Waals surface area (Å²) in [5, 5.41) is 5.51. The number of anilines is 2. The van der Waals surface area contributed by atoms with Gasteiger partial charge in [-0.05, 0) is 54.4 Å². The molecule has 0 aliphatic heterocycles. The van der Waals surface area contributed by atoms with Gasteiger partial charge in [0.05, 0.1) is 0 Å². The lowest BCUT2D eigenvalue weighted by Crippen LogP contribution is -2.21. The van der Waals surface area contributed by atoms with Gasteiger partial charge >= 0.3 is 0 Å². The van der Waals surface area contributed by atoms with Crippen LogP contribution in [0.15, 0.2) is 78.9 Å². The highest BCUT2D eigenvalue weighted by atomic mass is 16.5. The Morgan fingerprint density at radius 1 is 0.700 bits per heavy atom. The summed E-state index contributed by atoms with van der Waals surface area (Å²) in [5.41, 5.74) is 2.33. The van der Waals surface area contributed by atoms with Crippen LogP contribution in [0, 0.1) is 0 Å². The molecule has 6 nitrogen and oxygen atoms in total. The lowest BCUT2D eigenvalue weighted by molar-refractivity contribution is -0.118. The molecule has 0 atom stereocenters. The van der Waals surface area contributed by atoms with Crippen LogP contribution in [-0.2, 0) is 16.0 Å². The van der Waals surface area contributed by atoms with Crippen LogP contribution in [0.3, 0.4) is 0 Å². The molecule has 154 valence electrons. The molecule has 0 unspecified atom stereocenters. The average molecular weight is 404 g/mol. The Morgan fingerprint density at radius 3 is 1.77 bits per heavy atom. The first-order valence-corrected chi connectivity index (χ1v) is 9.72. The molecule has 0 aliphatic carbocycles. The third-order valence-electron chi connectivity index (χ3n) is 4.24. The van der Waals surface area contributed by atoms with Crippen LogP contribution < -0.4 is 20.1 Å². The van der Waals surface area contributed by atoms with Gasteiger partial charge in [-0.15, -0.1) is 0 Å². The molecule has 0 bridgehead atoms. The topological polar surface area (TPSA) is 76.7 Å². The van der Waals surface area contributed by atoms with Crippen molar-refractivity contribution in [3.05, 3.63) is 84.4 Å². The third-order valence-corrected chi connectivity index (χ3v) is 4.24. The van der Waals surface area contributed by atoms with E-state index in [0.29, 0.717) is 22.9 Å². The Labute approximate surface area is 175 Å². The second-order valence-corrected chi connectivity index (χ2v) is 6.57. The number of nitrogens with one attached hydrogen (secondary N) is 2. The van der Waals surface area contributed by atoms with E-state index in [9.17, 15) is 9.59 Å². The molecule has 0 aromatic heterocycles. The fraction of sp³-hybridized carbons (Fsp3) is 0.167. The van der Waals surface area contributed by atoms with Crippen molar-refractivity contribution in [1.29, 1.82) is 0 Å². The normalized spacial score (nSPS) is 10.2. The number of carbonyl (C=O) groups is 2. The predicted molar refractivity (Wildman–Crippen MR) is 117 cm³/mol. The quantitative estimate of drug-likeness (QED) is 0.558. The molecule has 0 fully saturated rings. The van der Waals surface area contributed by atoms with Gasteiger partial charge in [0.25, 0.3) is 11.8 Å². The van der Waals surface area contributed by atoms with E-state index in [1.165, 1.54) is 5.56 Å². The van der Waals surface area contributed by atoms with Crippen molar-refractivity contribution < 1.29 is 19.1 Å². The maximum atomic E-state index is 12.2. The molecule has 2 amide bonds. The molecule has 3 aromatic carbocycles. The molecule has 3 rings (SSSR count). The number of benzene rings is 3. The van der Waals surface area contributed by atoms with Crippen LogP contribution in [0.5, 0.6) is 11.5 Å². The van der Waals surface area contributed by atoms with Crippen molar-refractivity contribution in [3.63, 3.8) is 0 Å². The zero-order chi connectivity index (χ0) is 21.2.